The normalized spacial score (nSPS) is 28.5. The monoisotopic (exact) mass is 262 g/mol. The Morgan fingerprint density at radius 1 is 1.41 bits per heavy atom. The Labute approximate surface area is 109 Å². The van der Waals surface area contributed by atoms with Crippen molar-refractivity contribution in [1.82, 2.24) is 10.6 Å². The lowest BCUT2D eigenvalue weighted by Gasteiger charge is -2.24. The van der Waals surface area contributed by atoms with Gasteiger partial charge in [-0.15, -0.1) is 12.4 Å². The Bertz CT molecular complexity index is 227. The van der Waals surface area contributed by atoms with E-state index in [9.17, 15) is 4.79 Å². The number of hydrogen-bond donors (Lipinski definition) is 2. The third-order valence-electron chi connectivity index (χ3n) is 3.47. The molecule has 2 aliphatic heterocycles. The summed E-state index contributed by atoms with van der Waals surface area (Å²) in [5, 5.41) is 6.40. The van der Waals surface area contributed by atoms with Gasteiger partial charge in [0.05, 0.1) is 0 Å². The summed E-state index contributed by atoms with van der Waals surface area (Å²) < 4.78 is 5.30. The van der Waals surface area contributed by atoms with Crippen LogP contribution >= 0.6 is 12.4 Å². The first-order valence-electron chi connectivity index (χ1n) is 6.42. The van der Waals surface area contributed by atoms with E-state index in [0.29, 0.717) is 18.4 Å². The Balaban J connectivity index is 0.00000144. The number of carbonyl (C=O) groups is 1. The molecule has 0 aromatic rings. The highest BCUT2D eigenvalue weighted by Gasteiger charge is 2.19. The van der Waals surface area contributed by atoms with Gasteiger partial charge in [0.1, 0.15) is 0 Å². The molecule has 0 aromatic carbocycles. The first-order chi connectivity index (χ1) is 7.84. The second-order valence-electron chi connectivity index (χ2n) is 4.88. The summed E-state index contributed by atoms with van der Waals surface area (Å²) in [7, 11) is 0. The molecule has 4 nitrogen and oxygen atoms in total. The quantitative estimate of drug-likeness (QED) is 0.798. The van der Waals surface area contributed by atoms with E-state index in [0.717, 1.165) is 45.6 Å². The van der Waals surface area contributed by atoms with E-state index >= 15 is 0 Å². The Kier molecular flexibility index (Phi) is 6.85. The fourth-order valence-corrected chi connectivity index (χ4v) is 2.42. The van der Waals surface area contributed by atoms with Crippen LogP contribution in [0.1, 0.15) is 32.1 Å². The fourth-order valence-electron chi connectivity index (χ4n) is 2.42. The minimum absolute atomic E-state index is 0. The van der Waals surface area contributed by atoms with E-state index in [1.54, 1.807) is 0 Å². The number of rotatable bonds is 4. The van der Waals surface area contributed by atoms with Crippen molar-refractivity contribution in [3.8, 4) is 0 Å². The minimum Gasteiger partial charge on any atom is -0.381 e. The highest BCUT2D eigenvalue weighted by atomic mass is 35.5. The van der Waals surface area contributed by atoms with Gasteiger partial charge in [-0.05, 0) is 38.1 Å². The third-order valence-corrected chi connectivity index (χ3v) is 3.47. The number of halogens is 1. The van der Waals surface area contributed by atoms with Crippen molar-refractivity contribution in [1.29, 1.82) is 0 Å². The van der Waals surface area contributed by atoms with Gasteiger partial charge in [0, 0.05) is 32.2 Å². The topological polar surface area (TPSA) is 50.4 Å². The molecule has 0 bridgehead atoms. The molecule has 0 spiro atoms. The molecule has 2 heterocycles. The predicted molar refractivity (Wildman–Crippen MR) is 69.4 cm³/mol. The number of ether oxygens (including phenoxy) is 1. The van der Waals surface area contributed by atoms with Gasteiger partial charge in [-0.2, -0.15) is 0 Å². The molecule has 100 valence electrons. The zero-order valence-corrected chi connectivity index (χ0v) is 11.1. The van der Waals surface area contributed by atoms with Gasteiger partial charge in [0.15, 0.2) is 0 Å². The zero-order chi connectivity index (χ0) is 11.2. The van der Waals surface area contributed by atoms with E-state index < -0.39 is 0 Å². The molecular formula is C12H23ClN2O2. The molecule has 0 radical (unpaired) electrons. The van der Waals surface area contributed by atoms with Crippen molar-refractivity contribution in [2.24, 2.45) is 5.92 Å². The van der Waals surface area contributed by atoms with Crippen molar-refractivity contribution in [2.45, 2.75) is 38.1 Å². The molecule has 2 rings (SSSR count). The number of piperidine rings is 1. The van der Waals surface area contributed by atoms with E-state index in [4.69, 9.17) is 4.74 Å². The summed E-state index contributed by atoms with van der Waals surface area (Å²) in [5.74, 6) is 0.816. The van der Waals surface area contributed by atoms with E-state index in [1.807, 2.05) is 0 Å². The Morgan fingerprint density at radius 2 is 2.29 bits per heavy atom. The van der Waals surface area contributed by atoms with Crippen molar-refractivity contribution in [3.05, 3.63) is 0 Å². The van der Waals surface area contributed by atoms with Crippen LogP contribution in [0.5, 0.6) is 0 Å². The van der Waals surface area contributed by atoms with Crippen LogP contribution in [-0.2, 0) is 9.53 Å². The molecule has 0 saturated carbocycles. The first-order valence-corrected chi connectivity index (χ1v) is 6.42. The van der Waals surface area contributed by atoms with Crippen LogP contribution in [0.25, 0.3) is 0 Å². The number of carbonyl (C=O) groups excluding carboxylic acids is 1. The molecule has 1 amide bonds. The Hall–Kier alpha value is -0.320. The first kappa shape index (κ1) is 14.7. The van der Waals surface area contributed by atoms with Crippen LogP contribution in [0.3, 0.4) is 0 Å². The van der Waals surface area contributed by atoms with Crippen LogP contribution in [0.2, 0.25) is 0 Å². The molecule has 17 heavy (non-hydrogen) atoms. The third kappa shape index (κ3) is 5.23. The van der Waals surface area contributed by atoms with E-state index in [2.05, 4.69) is 10.6 Å². The second kappa shape index (κ2) is 7.90. The second-order valence-corrected chi connectivity index (χ2v) is 4.88. The zero-order valence-electron chi connectivity index (χ0n) is 10.2. The molecule has 5 heteroatoms. The molecule has 2 fully saturated rings. The maximum absolute atomic E-state index is 11.7. The maximum atomic E-state index is 11.7. The standard InChI is InChI=1S/C12H22N2O2.ClH/c15-12(4-3-10-5-7-16-9-10)14-11-2-1-6-13-8-11;/h10-11,13H,1-9H2,(H,14,15);1H/t10?,11-;/m0./s1. The smallest absolute Gasteiger partial charge is 0.220 e. The van der Waals surface area contributed by atoms with Crippen LogP contribution in [0.15, 0.2) is 0 Å². The SMILES string of the molecule is Cl.O=C(CCC1CCOC1)N[C@H]1CCCNC1. The lowest BCUT2D eigenvalue weighted by Crippen LogP contribution is -2.45. The lowest BCUT2D eigenvalue weighted by molar-refractivity contribution is -0.122. The number of hydrogen-bond acceptors (Lipinski definition) is 3. The van der Waals surface area contributed by atoms with Crippen molar-refractivity contribution in [3.63, 3.8) is 0 Å². The van der Waals surface area contributed by atoms with Gasteiger partial charge in [-0.25, -0.2) is 0 Å². The predicted octanol–water partition coefficient (Wildman–Crippen LogP) is 1.09. The molecule has 0 aromatic heterocycles. The van der Waals surface area contributed by atoms with Crippen LogP contribution in [0, 0.1) is 5.92 Å². The minimum atomic E-state index is 0. The molecule has 2 N–H and O–H groups in total. The van der Waals surface area contributed by atoms with Crippen LogP contribution in [-0.4, -0.2) is 38.3 Å². The van der Waals surface area contributed by atoms with Crippen molar-refractivity contribution < 1.29 is 9.53 Å². The molecule has 2 atom stereocenters. The van der Waals surface area contributed by atoms with Gasteiger partial charge in [-0.1, -0.05) is 0 Å². The highest BCUT2D eigenvalue weighted by molar-refractivity contribution is 5.85. The highest BCUT2D eigenvalue weighted by Crippen LogP contribution is 2.17. The molecule has 0 aliphatic carbocycles. The average molecular weight is 263 g/mol. The summed E-state index contributed by atoms with van der Waals surface area (Å²) in [6, 6.07) is 0.348. The Morgan fingerprint density at radius 3 is 2.94 bits per heavy atom. The van der Waals surface area contributed by atoms with E-state index in [1.165, 1.54) is 6.42 Å². The van der Waals surface area contributed by atoms with Gasteiger partial charge >= 0.3 is 0 Å². The lowest BCUT2D eigenvalue weighted by atomic mass is 10.0. The van der Waals surface area contributed by atoms with Gasteiger partial charge in [-0.3, -0.25) is 4.79 Å². The van der Waals surface area contributed by atoms with Gasteiger partial charge in [0.25, 0.3) is 0 Å². The average Bonchev–Trinajstić information content (AvgIpc) is 2.81. The van der Waals surface area contributed by atoms with Crippen LogP contribution < -0.4 is 10.6 Å². The molecule has 2 saturated heterocycles. The molecule has 2 aliphatic rings. The fraction of sp³-hybridized carbons (Fsp3) is 0.917. The summed E-state index contributed by atoms with van der Waals surface area (Å²) in [6.07, 6.45) is 5.04. The largest absolute Gasteiger partial charge is 0.381 e. The summed E-state index contributed by atoms with van der Waals surface area (Å²) >= 11 is 0. The summed E-state index contributed by atoms with van der Waals surface area (Å²) in [5.41, 5.74) is 0. The number of amides is 1. The van der Waals surface area contributed by atoms with Gasteiger partial charge in [0.2, 0.25) is 5.91 Å². The maximum Gasteiger partial charge on any atom is 0.220 e. The van der Waals surface area contributed by atoms with Gasteiger partial charge < -0.3 is 15.4 Å². The van der Waals surface area contributed by atoms with Crippen molar-refractivity contribution >= 4 is 18.3 Å². The van der Waals surface area contributed by atoms with Crippen molar-refractivity contribution in [2.75, 3.05) is 26.3 Å². The summed E-state index contributed by atoms with van der Waals surface area (Å²) in [6.45, 7) is 3.74. The summed E-state index contributed by atoms with van der Waals surface area (Å²) in [4.78, 5) is 11.7. The molecular weight excluding hydrogens is 240 g/mol. The van der Waals surface area contributed by atoms with E-state index in [-0.39, 0.29) is 18.3 Å². The number of nitrogens with one attached hydrogen (secondary N) is 2. The molecule has 1 unspecified atom stereocenters. The van der Waals surface area contributed by atoms with Crippen LogP contribution in [0.4, 0.5) is 0 Å².